The molecule has 3 aromatic rings. The van der Waals surface area contributed by atoms with Crippen molar-refractivity contribution in [1.82, 2.24) is 9.88 Å². The molecule has 2 aliphatic rings. The van der Waals surface area contributed by atoms with Crippen LogP contribution < -0.4 is 5.32 Å². The van der Waals surface area contributed by atoms with Gasteiger partial charge in [0.2, 0.25) is 5.91 Å². The van der Waals surface area contributed by atoms with E-state index in [1.807, 2.05) is 18.2 Å². The number of carbonyl (C=O) groups is 2. The number of nitrogens with zero attached hydrogens (tertiary/aromatic N) is 2. The van der Waals surface area contributed by atoms with E-state index in [4.69, 9.17) is 27.9 Å². The molecule has 0 spiro atoms. The summed E-state index contributed by atoms with van der Waals surface area (Å²) in [4.78, 5) is 33.5. The van der Waals surface area contributed by atoms with E-state index in [-0.39, 0.29) is 18.1 Å². The summed E-state index contributed by atoms with van der Waals surface area (Å²) < 4.78 is 32.7. The van der Waals surface area contributed by atoms with E-state index in [2.05, 4.69) is 10.3 Å². The van der Waals surface area contributed by atoms with Crippen LogP contribution in [0.5, 0.6) is 0 Å². The van der Waals surface area contributed by atoms with Crippen LogP contribution in [-0.2, 0) is 24.2 Å². The van der Waals surface area contributed by atoms with E-state index >= 15 is 0 Å². The molecule has 11 heteroatoms. The van der Waals surface area contributed by atoms with Gasteiger partial charge in [-0.1, -0.05) is 53.5 Å². The fourth-order valence-electron chi connectivity index (χ4n) is 5.40. The number of anilines is 1. The number of halogens is 2. The fourth-order valence-corrected chi connectivity index (χ4v) is 7.11. The Morgan fingerprint density at radius 1 is 1.02 bits per heavy atom. The molecular weight excluding hydrogens is 609 g/mol. The van der Waals surface area contributed by atoms with Crippen molar-refractivity contribution in [3.63, 3.8) is 0 Å². The lowest BCUT2D eigenvalue weighted by Crippen LogP contribution is -2.58. The van der Waals surface area contributed by atoms with Crippen LogP contribution in [0.4, 0.5) is 5.82 Å². The average molecular weight is 645 g/mol. The molecule has 0 unspecified atom stereocenters. The lowest BCUT2D eigenvalue weighted by Gasteiger charge is -2.48. The zero-order valence-corrected chi connectivity index (χ0v) is 26.6. The maximum absolute atomic E-state index is 14.5. The second kappa shape index (κ2) is 12.6. The third-order valence-electron chi connectivity index (χ3n) is 7.97. The number of amides is 2. The van der Waals surface area contributed by atoms with Crippen molar-refractivity contribution in [2.45, 2.75) is 69.1 Å². The second-order valence-electron chi connectivity index (χ2n) is 12.1. The number of ether oxygens (including phenoxy) is 1. The minimum Gasteiger partial charge on any atom is -0.357 e. The summed E-state index contributed by atoms with van der Waals surface area (Å²) in [6, 6.07) is 18.1. The van der Waals surface area contributed by atoms with E-state index in [9.17, 15) is 18.0 Å². The Hall–Kier alpha value is -2.98. The minimum atomic E-state index is -3.62. The normalized spacial score (nSPS) is 21.8. The van der Waals surface area contributed by atoms with Crippen LogP contribution in [0.3, 0.4) is 0 Å². The smallest absolute Gasteiger partial charge is 0.253 e. The highest BCUT2D eigenvalue weighted by molar-refractivity contribution is 7.92. The Balaban J connectivity index is 1.60. The predicted molar refractivity (Wildman–Crippen MR) is 168 cm³/mol. The molecule has 2 fully saturated rings. The molecule has 1 saturated carbocycles. The number of aromatic nitrogens is 1. The number of morpholine rings is 1. The molecule has 2 aromatic carbocycles. The van der Waals surface area contributed by atoms with Crippen molar-refractivity contribution in [3.05, 3.63) is 94.1 Å². The van der Waals surface area contributed by atoms with Gasteiger partial charge in [-0.15, -0.1) is 0 Å². The van der Waals surface area contributed by atoms with Gasteiger partial charge >= 0.3 is 0 Å². The van der Waals surface area contributed by atoms with Crippen molar-refractivity contribution in [2.24, 2.45) is 5.92 Å². The molecule has 1 aliphatic heterocycles. The Morgan fingerprint density at radius 2 is 1.74 bits per heavy atom. The standard InChI is InChI=1S/C32H35Cl2N3O5S/c1-32(2,3)43(40,41)19-25(20-10-11-20)37-29(21-12-14-23(33)15-13-21)30(22-7-6-8-24(34)17-22)42-26(31(37)39)18-28(38)36-27-9-4-5-16-35-27/h4-9,12-17,20,25-26,29-30H,10-11,18-19H2,1-3H3,(H,35,36,38)/t25-,26+,29-,30-/m1/s1. The summed E-state index contributed by atoms with van der Waals surface area (Å²) in [5, 5.41) is 3.74. The molecule has 1 aliphatic carbocycles. The first-order chi connectivity index (χ1) is 20.3. The van der Waals surface area contributed by atoms with Gasteiger partial charge in [0.05, 0.1) is 23.0 Å². The van der Waals surface area contributed by atoms with Gasteiger partial charge in [-0.05, 0) is 87.1 Å². The van der Waals surface area contributed by atoms with Crippen LogP contribution in [0.1, 0.15) is 63.3 Å². The number of hydrogen-bond acceptors (Lipinski definition) is 6. The summed E-state index contributed by atoms with van der Waals surface area (Å²) in [6.07, 6.45) is 0.962. The van der Waals surface area contributed by atoms with Crippen molar-refractivity contribution >= 4 is 50.7 Å². The van der Waals surface area contributed by atoms with Gasteiger partial charge in [-0.2, -0.15) is 0 Å². The first kappa shape index (κ1) is 31.4. The first-order valence-corrected chi connectivity index (χ1v) is 16.7. The zero-order chi connectivity index (χ0) is 30.9. The SMILES string of the molecule is CC(C)(C)S(=O)(=O)C[C@H](C1CC1)N1C(=O)[C@H](CC(=O)Nc2ccccn2)O[C@H](c2cccc(Cl)c2)[C@H]1c1ccc(Cl)cc1. The molecule has 43 heavy (non-hydrogen) atoms. The molecule has 1 saturated heterocycles. The quantitative estimate of drug-likeness (QED) is 0.288. The van der Waals surface area contributed by atoms with Gasteiger partial charge in [-0.25, -0.2) is 13.4 Å². The van der Waals surface area contributed by atoms with E-state index < -0.39 is 50.7 Å². The van der Waals surface area contributed by atoms with Gasteiger partial charge in [0.25, 0.3) is 5.91 Å². The molecule has 0 bridgehead atoms. The highest BCUT2D eigenvalue weighted by Crippen LogP contribution is 2.48. The minimum absolute atomic E-state index is 0.00279. The van der Waals surface area contributed by atoms with Crippen molar-refractivity contribution in [1.29, 1.82) is 0 Å². The lowest BCUT2D eigenvalue weighted by atomic mass is 9.89. The van der Waals surface area contributed by atoms with Crippen LogP contribution in [-0.4, -0.2) is 52.8 Å². The van der Waals surface area contributed by atoms with Crippen LogP contribution >= 0.6 is 23.2 Å². The summed E-state index contributed by atoms with van der Waals surface area (Å²) >= 11 is 12.6. The van der Waals surface area contributed by atoms with Gasteiger partial charge in [0.1, 0.15) is 18.0 Å². The Morgan fingerprint density at radius 3 is 2.35 bits per heavy atom. The van der Waals surface area contributed by atoms with Gasteiger partial charge in [0, 0.05) is 22.3 Å². The lowest BCUT2D eigenvalue weighted by molar-refractivity contribution is -0.180. The molecule has 0 radical (unpaired) electrons. The highest BCUT2D eigenvalue weighted by atomic mass is 35.5. The van der Waals surface area contributed by atoms with Crippen LogP contribution in [0.15, 0.2) is 72.9 Å². The summed E-state index contributed by atoms with van der Waals surface area (Å²) in [5.41, 5.74) is 1.44. The van der Waals surface area contributed by atoms with Crippen LogP contribution in [0.2, 0.25) is 10.0 Å². The first-order valence-electron chi connectivity index (χ1n) is 14.3. The maximum Gasteiger partial charge on any atom is 0.253 e. The van der Waals surface area contributed by atoms with Crippen molar-refractivity contribution in [2.75, 3.05) is 11.1 Å². The Labute approximate surface area is 262 Å². The number of pyridine rings is 1. The molecule has 8 nitrogen and oxygen atoms in total. The van der Waals surface area contributed by atoms with E-state index in [0.717, 1.165) is 18.4 Å². The van der Waals surface area contributed by atoms with Crippen LogP contribution in [0, 0.1) is 5.92 Å². The molecular formula is C32H35Cl2N3O5S. The third-order valence-corrected chi connectivity index (χ3v) is 11.1. The predicted octanol–water partition coefficient (Wildman–Crippen LogP) is 6.42. The van der Waals surface area contributed by atoms with E-state index in [1.165, 1.54) is 0 Å². The topological polar surface area (TPSA) is 106 Å². The summed E-state index contributed by atoms with van der Waals surface area (Å²) in [7, 11) is -3.62. The van der Waals surface area contributed by atoms with Gasteiger partial charge < -0.3 is 15.0 Å². The van der Waals surface area contributed by atoms with Gasteiger partial charge in [0.15, 0.2) is 9.84 Å². The monoisotopic (exact) mass is 643 g/mol. The number of carbonyl (C=O) groups excluding carboxylic acids is 2. The molecule has 2 heterocycles. The van der Waals surface area contributed by atoms with E-state index in [0.29, 0.717) is 21.4 Å². The summed E-state index contributed by atoms with van der Waals surface area (Å²) in [5.74, 6) is -0.735. The highest BCUT2D eigenvalue weighted by Gasteiger charge is 2.52. The second-order valence-corrected chi connectivity index (χ2v) is 15.8. The van der Waals surface area contributed by atoms with Crippen molar-refractivity contribution in [3.8, 4) is 0 Å². The average Bonchev–Trinajstić information content (AvgIpc) is 3.79. The molecule has 1 aromatic heterocycles. The van der Waals surface area contributed by atoms with E-state index in [1.54, 1.807) is 80.4 Å². The molecule has 4 atom stereocenters. The number of hydrogen-bond donors (Lipinski definition) is 1. The fraction of sp³-hybridized carbons (Fsp3) is 0.406. The Bertz CT molecular complexity index is 1570. The number of sulfone groups is 1. The molecule has 2 amide bonds. The third kappa shape index (κ3) is 7.23. The van der Waals surface area contributed by atoms with Gasteiger partial charge in [-0.3, -0.25) is 9.59 Å². The largest absolute Gasteiger partial charge is 0.357 e. The maximum atomic E-state index is 14.5. The zero-order valence-electron chi connectivity index (χ0n) is 24.2. The molecule has 5 rings (SSSR count). The van der Waals surface area contributed by atoms with Crippen molar-refractivity contribution < 1.29 is 22.7 Å². The summed E-state index contributed by atoms with van der Waals surface area (Å²) in [6.45, 7) is 5.01. The molecule has 228 valence electrons. The number of benzene rings is 2. The number of rotatable bonds is 9. The van der Waals surface area contributed by atoms with Crippen LogP contribution in [0.25, 0.3) is 0 Å². The molecule has 1 N–H and O–H groups in total. The number of nitrogens with one attached hydrogen (secondary N) is 1. The Kier molecular flexibility index (Phi) is 9.18.